The van der Waals surface area contributed by atoms with Crippen LogP contribution in [0.15, 0.2) is 0 Å². The molecule has 2 atom stereocenters. The molecule has 2 aliphatic rings. The Balaban J connectivity index is 1.70. The van der Waals surface area contributed by atoms with Gasteiger partial charge in [0.15, 0.2) is 0 Å². The van der Waals surface area contributed by atoms with Crippen LogP contribution in [0.4, 0.5) is 0 Å². The molecule has 0 radical (unpaired) electrons. The third kappa shape index (κ3) is 2.89. The van der Waals surface area contributed by atoms with Gasteiger partial charge in [-0.1, -0.05) is 6.92 Å². The van der Waals surface area contributed by atoms with Gasteiger partial charge in [0.25, 0.3) is 0 Å². The summed E-state index contributed by atoms with van der Waals surface area (Å²) in [5.74, 6) is 1.85. The smallest absolute Gasteiger partial charge is 0.225 e. The summed E-state index contributed by atoms with van der Waals surface area (Å²) in [5.41, 5.74) is 0. The lowest BCUT2D eigenvalue weighted by atomic mass is 10.1. The van der Waals surface area contributed by atoms with Gasteiger partial charge in [-0.3, -0.25) is 4.79 Å². The molecule has 1 aliphatic carbocycles. The Morgan fingerprint density at radius 3 is 2.56 bits per heavy atom. The van der Waals surface area contributed by atoms with Crippen molar-refractivity contribution in [3.63, 3.8) is 0 Å². The van der Waals surface area contributed by atoms with Crippen molar-refractivity contribution in [3.8, 4) is 0 Å². The molecule has 92 valence electrons. The topological polar surface area (TPSA) is 29.5 Å². The number of halogens is 1. The van der Waals surface area contributed by atoms with Crippen molar-refractivity contribution in [2.45, 2.75) is 32.3 Å². The van der Waals surface area contributed by atoms with Crippen LogP contribution < -0.4 is 0 Å². The average Bonchev–Trinajstić information content (AvgIpc) is 3.03. The van der Waals surface area contributed by atoms with Gasteiger partial charge in [0, 0.05) is 24.9 Å². The highest BCUT2D eigenvalue weighted by Crippen LogP contribution is 2.39. The van der Waals surface area contributed by atoms with E-state index in [1.54, 1.807) is 0 Å². The van der Waals surface area contributed by atoms with Crippen molar-refractivity contribution in [3.05, 3.63) is 0 Å². The molecule has 1 amide bonds. The molecular weight excluding hydrogens is 226 g/mol. The number of hydrogen-bond donors (Lipinski definition) is 0. The lowest BCUT2D eigenvalue weighted by molar-refractivity contribution is -0.135. The fourth-order valence-corrected chi connectivity index (χ4v) is 2.44. The number of ether oxygens (including phenoxy) is 1. The van der Waals surface area contributed by atoms with Gasteiger partial charge in [0.2, 0.25) is 5.91 Å². The van der Waals surface area contributed by atoms with Gasteiger partial charge in [0.1, 0.15) is 0 Å². The Bertz CT molecular complexity index is 251. The lowest BCUT2D eigenvalue weighted by Crippen LogP contribution is -2.42. The third-order valence-electron chi connectivity index (χ3n) is 3.61. The predicted octanol–water partition coefficient (Wildman–Crippen LogP) is 1.89. The van der Waals surface area contributed by atoms with Gasteiger partial charge in [-0.25, -0.2) is 0 Å². The van der Waals surface area contributed by atoms with E-state index in [0.717, 1.165) is 32.4 Å². The summed E-state index contributed by atoms with van der Waals surface area (Å²) in [6.45, 7) is 4.49. The standard InChI is InChI=1S/C12H20ClNO2/c1-9-8-11(9)12(15)14-5-2-10(3-6-14)16-7-4-13/h9-11H,2-8H2,1H3. The van der Waals surface area contributed by atoms with Crippen molar-refractivity contribution >= 4 is 17.5 Å². The maximum Gasteiger partial charge on any atom is 0.225 e. The summed E-state index contributed by atoms with van der Waals surface area (Å²) in [5, 5.41) is 0. The molecule has 0 aromatic rings. The Labute approximate surface area is 102 Å². The maximum atomic E-state index is 12.0. The molecule has 0 aromatic heterocycles. The largest absolute Gasteiger partial charge is 0.377 e. The quantitative estimate of drug-likeness (QED) is 0.708. The first-order valence-electron chi connectivity index (χ1n) is 6.18. The van der Waals surface area contributed by atoms with Crippen molar-refractivity contribution in [2.24, 2.45) is 11.8 Å². The minimum Gasteiger partial charge on any atom is -0.377 e. The van der Waals surface area contributed by atoms with E-state index in [9.17, 15) is 4.79 Å². The number of carbonyl (C=O) groups is 1. The fraction of sp³-hybridized carbons (Fsp3) is 0.917. The zero-order valence-corrected chi connectivity index (χ0v) is 10.6. The van der Waals surface area contributed by atoms with Gasteiger partial charge in [-0.2, -0.15) is 0 Å². The number of hydrogen-bond acceptors (Lipinski definition) is 2. The predicted molar refractivity (Wildman–Crippen MR) is 63.5 cm³/mol. The molecule has 1 saturated carbocycles. The molecular formula is C12H20ClNO2. The third-order valence-corrected chi connectivity index (χ3v) is 3.77. The summed E-state index contributed by atoms with van der Waals surface area (Å²) in [7, 11) is 0. The summed E-state index contributed by atoms with van der Waals surface area (Å²) < 4.78 is 5.59. The summed E-state index contributed by atoms with van der Waals surface area (Å²) in [4.78, 5) is 14.0. The van der Waals surface area contributed by atoms with E-state index in [1.807, 2.05) is 4.90 Å². The second-order valence-electron chi connectivity index (χ2n) is 4.90. The van der Waals surface area contributed by atoms with E-state index in [4.69, 9.17) is 16.3 Å². The molecule has 2 rings (SSSR count). The first-order chi connectivity index (χ1) is 7.72. The zero-order valence-electron chi connectivity index (χ0n) is 9.82. The van der Waals surface area contributed by atoms with Crippen molar-refractivity contribution in [1.82, 2.24) is 4.90 Å². The van der Waals surface area contributed by atoms with Crippen LogP contribution in [0.3, 0.4) is 0 Å². The fourth-order valence-electron chi connectivity index (χ4n) is 2.35. The number of carbonyl (C=O) groups excluding carboxylic acids is 1. The van der Waals surface area contributed by atoms with Gasteiger partial charge < -0.3 is 9.64 Å². The van der Waals surface area contributed by atoms with Gasteiger partial charge >= 0.3 is 0 Å². The van der Waals surface area contributed by atoms with E-state index in [1.165, 1.54) is 0 Å². The van der Waals surface area contributed by atoms with Gasteiger partial charge in [-0.15, -0.1) is 11.6 Å². The molecule has 0 N–H and O–H groups in total. The summed E-state index contributed by atoms with van der Waals surface area (Å²) in [6, 6.07) is 0. The Morgan fingerprint density at radius 1 is 1.44 bits per heavy atom. The first-order valence-corrected chi connectivity index (χ1v) is 6.72. The van der Waals surface area contributed by atoms with Crippen molar-refractivity contribution < 1.29 is 9.53 Å². The minimum absolute atomic E-state index is 0.305. The number of piperidine rings is 1. The maximum absolute atomic E-state index is 12.0. The molecule has 1 aliphatic heterocycles. The van der Waals surface area contributed by atoms with Crippen LogP contribution in [0, 0.1) is 11.8 Å². The van der Waals surface area contributed by atoms with Gasteiger partial charge in [-0.05, 0) is 25.2 Å². The molecule has 0 aromatic carbocycles. The molecule has 4 heteroatoms. The van der Waals surface area contributed by atoms with Crippen LogP contribution in [0.5, 0.6) is 0 Å². The second-order valence-corrected chi connectivity index (χ2v) is 5.28. The highest BCUT2D eigenvalue weighted by molar-refractivity contribution is 6.17. The molecule has 1 heterocycles. The molecule has 2 fully saturated rings. The highest BCUT2D eigenvalue weighted by atomic mass is 35.5. The SMILES string of the molecule is CC1CC1C(=O)N1CCC(OCCCl)CC1. The molecule has 0 bridgehead atoms. The monoisotopic (exact) mass is 245 g/mol. The molecule has 2 unspecified atom stereocenters. The highest BCUT2D eigenvalue weighted by Gasteiger charge is 2.42. The number of alkyl halides is 1. The first kappa shape index (κ1) is 12.2. The van der Waals surface area contributed by atoms with Crippen LogP contribution in [0.2, 0.25) is 0 Å². The lowest BCUT2D eigenvalue weighted by Gasteiger charge is -2.32. The van der Waals surface area contributed by atoms with E-state index in [-0.39, 0.29) is 0 Å². The number of amides is 1. The minimum atomic E-state index is 0.305. The van der Waals surface area contributed by atoms with Crippen molar-refractivity contribution in [1.29, 1.82) is 0 Å². The Kier molecular flexibility index (Phi) is 4.09. The Morgan fingerprint density at radius 2 is 2.06 bits per heavy atom. The number of rotatable bonds is 4. The summed E-state index contributed by atoms with van der Waals surface area (Å²) in [6.07, 6.45) is 3.31. The van der Waals surface area contributed by atoms with E-state index >= 15 is 0 Å². The number of likely N-dealkylation sites (tertiary alicyclic amines) is 1. The van der Waals surface area contributed by atoms with Crippen LogP contribution in [0.1, 0.15) is 26.2 Å². The second kappa shape index (κ2) is 5.37. The molecule has 3 nitrogen and oxygen atoms in total. The van der Waals surface area contributed by atoms with E-state index in [0.29, 0.717) is 36.3 Å². The van der Waals surface area contributed by atoms with Crippen LogP contribution in [0.25, 0.3) is 0 Å². The van der Waals surface area contributed by atoms with Crippen LogP contribution >= 0.6 is 11.6 Å². The van der Waals surface area contributed by atoms with E-state index in [2.05, 4.69) is 6.92 Å². The molecule has 1 saturated heterocycles. The normalized spacial score (nSPS) is 30.5. The van der Waals surface area contributed by atoms with Crippen LogP contribution in [-0.2, 0) is 9.53 Å². The zero-order chi connectivity index (χ0) is 11.5. The molecule has 16 heavy (non-hydrogen) atoms. The van der Waals surface area contributed by atoms with E-state index < -0.39 is 0 Å². The van der Waals surface area contributed by atoms with Crippen molar-refractivity contribution in [2.75, 3.05) is 25.6 Å². The molecule has 0 spiro atoms. The average molecular weight is 246 g/mol. The Hall–Kier alpha value is -0.280. The number of nitrogens with zero attached hydrogens (tertiary/aromatic N) is 1. The van der Waals surface area contributed by atoms with Gasteiger partial charge in [0.05, 0.1) is 12.7 Å². The summed E-state index contributed by atoms with van der Waals surface area (Å²) >= 11 is 5.58. The van der Waals surface area contributed by atoms with Crippen LogP contribution in [-0.4, -0.2) is 42.5 Å².